The van der Waals surface area contributed by atoms with Crippen LogP contribution in [0.15, 0.2) is 11.7 Å². The van der Waals surface area contributed by atoms with Gasteiger partial charge in [-0.3, -0.25) is 9.88 Å². The highest BCUT2D eigenvalue weighted by Gasteiger charge is 2.24. The molecule has 1 aromatic rings. The monoisotopic (exact) mass is 274 g/mol. The molecule has 1 saturated carbocycles. The Morgan fingerprint density at radius 3 is 2.93 bits per heavy atom. The van der Waals surface area contributed by atoms with Gasteiger partial charge in [0.25, 0.3) is 0 Å². The van der Waals surface area contributed by atoms with E-state index in [1.54, 1.807) is 11.3 Å². The van der Waals surface area contributed by atoms with Gasteiger partial charge in [0.1, 0.15) is 0 Å². The lowest BCUT2D eigenvalue weighted by Gasteiger charge is -2.36. The van der Waals surface area contributed by atoms with Crippen LogP contribution in [0.1, 0.15) is 24.1 Å². The van der Waals surface area contributed by atoms with E-state index in [4.69, 9.17) is 0 Å². The molecule has 0 saturated heterocycles. The Morgan fingerprint density at radius 2 is 2.43 bits per heavy atom. The van der Waals surface area contributed by atoms with E-state index in [1.165, 1.54) is 24.1 Å². The lowest BCUT2D eigenvalue weighted by atomic mass is 9.91. The molecule has 14 heavy (non-hydrogen) atoms. The summed E-state index contributed by atoms with van der Waals surface area (Å²) in [7, 11) is 0. The minimum Gasteiger partial charge on any atom is -0.294 e. The molecule has 1 heterocycles. The number of aromatic nitrogens is 1. The summed E-state index contributed by atoms with van der Waals surface area (Å²) in [5.74, 6) is 0. The molecule has 0 unspecified atom stereocenters. The zero-order valence-electron chi connectivity index (χ0n) is 8.16. The smallest absolute Gasteiger partial charge is 0.0794 e. The molecular formula is C10H15BrN2S. The van der Waals surface area contributed by atoms with E-state index >= 15 is 0 Å². The Bertz CT molecular complexity index is 259. The van der Waals surface area contributed by atoms with Crippen LogP contribution >= 0.6 is 27.3 Å². The quantitative estimate of drug-likeness (QED) is 0.768. The molecule has 1 aliphatic rings. The molecule has 0 spiro atoms. The molecule has 0 radical (unpaired) electrons. The van der Waals surface area contributed by atoms with Gasteiger partial charge in [-0.2, -0.15) is 0 Å². The van der Waals surface area contributed by atoms with Gasteiger partial charge in [0.05, 0.1) is 5.51 Å². The van der Waals surface area contributed by atoms with Crippen molar-refractivity contribution in [2.24, 2.45) is 0 Å². The van der Waals surface area contributed by atoms with Gasteiger partial charge >= 0.3 is 0 Å². The zero-order valence-corrected chi connectivity index (χ0v) is 10.6. The van der Waals surface area contributed by atoms with Crippen LogP contribution in [0, 0.1) is 0 Å². The van der Waals surface area contributed by atoms with Crippen LogP contribution in [-0.4, -0.2) is 27.8 Å². The fourth-order valence-corrected chi connectivity index (χ4v) is 2.85. The first kappa shape index (κ1) is 10.6. The van der Waals surface area contributed by atoms with Gasteiger partial charge in [-0.1, -0.05) is 22.4 Å². The second-order valence-corrected chi connectivity index (χ2v) is 5.48. The van der Waals surface area contributed by atoms with Gasteiger partial charge in [-0.25, -0.2) is 0 Å². The Hall–Kier alpha value is 0.0700. The van der Waals surface area contributed by atoms with E-state index in [2.05, 4.69) is 25.8 Å². The molecule has 2 nitrogen and oxygen atoms in total. The van der Waals surface area contributed by atoms with Crippen molar-refractivity contribution in [2.45, 2.75) is 31.8 Å². The molecule has 0 N–H and O–H groups in total. The van der Waals surface area contributed by atoms with Crippen molar-refractivity contribution in [3.8, 4) is 0 Å². The van der Waals surface area contributed by atoms with E-state index in [0.717, 1.165) is 24.5 Å². The highest BCUT2D eigenvalue weighted by atomic mass is 79.9. The van der Waals surface area contributed by atoms with Gasteiger partial charge in [0, 0.05) is 35.5 Å². The summed E-state index contributed by atoms with van der Waals surface area (Å²) < 4.78 is 0. The average Bonchev–Trinajstić information content (AvgIpc) is 2.54. The lowest BCUT2D eigenvalue weighted by Crippen LogP contribution is -2.40. The first-order valence-electron chi connectivity index (χ1n) is 5.07. The van der Waals surface area contributed by atoms with E-state index in [1.807, 2.05) is 11.7 Å². The minimum atomic E-state index is 0.828. The van der Waals surface area contributed by atoms with Crippen LogP contribution < -0.4 is 0 Å². The lowest BCUT2D eigenvalue weighted by molar-refractivity contribution is 0.129. The van der Waals surface area contributed by atoms with Crippen LogP contribution in [0.5, 0.6) is 0 Å². The molecule has 1 aromatic heterocycles. The zero-order chi connectivity index (χ0) is 9.80. The summed E-state index contributed by atoms with van der Waals surface area (Å²) in [5, 5.41) is 1.07. The second-order valence-electron chi connectivity index (χ2n) is 3.71. The van der Waals surface area contributed by atoms with Crippen LogP contribution in [0.25, 0.3) is 0 Å². The Kier molecular flexibility index (Phi) is 3.96. The summed E-state index contributed by atoms with van der Waals surface area (Å²) in [6.07, 6.45) is 6.16. The third-order valence-corrected chi connectivity index (χ3v) is 3.92. The van der Waals surface area contributed by atoms with Crippen molar-refractivity contribution in [3.63, 3.8) is 0 Å². The number of nitrogens with zero attached hydrogens (tertiary/aromatic N) is 2. The van der Waals surface area contributed by atoms with Crippen molar-refractivity contribution in [1.82, 2.24) is 9.88 Å². The van der Waals surface area contributed by atoms with Crippen molar-refractivity contribution in [3.05, 3.63) is 16.6 Å². The van der Waals surface area contributed by atoms with Crippen molar-refractivity contribution in [1.29, 1.82) is 0 Å². The van der Waals surface area contributed by atoms with Crippen LogP contribution in [0.3, 0.4) is 0 Å². The Balaban J connectivity index is 1.89. The van der Waals surface area contributed by atoms with E-state index in [0.29, 0.717) is 0 Å². The maximum absolute atomic E-state index is 4.12. The van der Waals surface area contributed by atoms with Crippen LogP contribution in [0.4, 0.5) is 0 Å². The van der Waals surface area contributed by atoms with Gasteiger partial charge in [0.2, 0.25) is 0 Å². The number of hydrogen-bond acceptors (Lipinski definition) is 3. The largest absolute Gasteiger partial charge is 0.294 e. The molecule has 2 rings (SSSR count). The van der Waals surface area contributed by atoms with E-state index < -0.39 is 0 Å². The number of thiazole rings is 1. The van der Waals surface area contributed by atoms with Crippen molar-refractivity contribution in [2.75, 3.05) is 11.9 Å². The molecule has 0 aromatic carbocycles. The summed E-state index contributed by atoms with van der Waals surface area (Å²) in [4.78, 5) is 8.08. The average molecular weight is 275 g/mol. The minimum absolute atomic E-state index is 0.828. The number of alkyl halides is 1. The molecule has 1 fully saturated rings. The molecule has 0 atom stereocenters. The molecule has 78 valence electrons. The topological polar surface area (TPSA) is 16.1 Å². The van der Waals surface area contributed by atoms with Crippen LogP contribution in [-0.2, 0) is 6.54 Å². The molecule has 1 aliphatic carbocycles. The normalized spacial score (nSPS) is 17.3. The summed E-state index contributed by atoms with van der Waals surface area (Å²) in [6, 6.07) is 0.828. The predicted octanol–water partition coefficient (Wildman–Crippen LogP) is 2.89. The van der Waals surface area contributed by atoms with Crippen LogP contribution in [0.2, 0.25) is 0 Å². The summed E-state index contributed by atoms with van der Waals surface area (Å²) in [6.45, 7) is 2.24. The molecule has 0 amide bonds. The van der Waals surface area contributed by atoms with E-state index in [9.17, 15) is 0 Å². The van der Waals surface area contributed by atoms with Crippen molar-refractivity contribution < 1.29 is 0 Å². The van der Waals surface area contributed by atoms with Gasteiger partial charge in [-0.05, 0) is 12.8 Å². The highest BCUT2D eigenvalue weighted by Crippen LogP contribution is 2.26. The van der Waals surface area contributed by atoms with E-state index in [-0.39, 0.29) is 0 Å². The predicted molar refractivity (Wildman–Crippen MR) is 64.0 cm³/mol. The SMILES string of the molecule is BrCCN(Cc1cncs1)C1CCC1. The van der Waals surface area contributed by atoms with Gasteiger partial charge in [0.15, 0.2) is 0 Å². The molecule has 4 heteroatoms. The first-order valence-corrected chi connectivity index (χ1v) is 7.07. The van der Waals surface area contributed by atoms with Gasteiger partial charge < -0.3 is 0 Å². The third kappa shape index (κ3) is 2.55. The molecular weight excluding hydrogens is 260 g/mol. The summed E-state index contributed by atoms with van der Waals surface area (Å²) >= 11 is 5.28. The molecule has 0 aliphatic heterocycles. The Morgan fingerprint density at radius 1 is 1.57 bits per heavy atom. The standard InChI is InChI=1S/C10H15BrN2S/c11-4-5-13(9-2-1-3-9)7-10-6-12-8-14-10/h6,8-9H,1-5,7H2. The van der Waals surface area contributed by atoms with Crippen molar-refractivity contribution >= 4 is 27.3 Å². The third-order valence-electron chi connectivity index (χ3n) is 2.81. The number of hydrogen-bond donors (Lipinski definition) is 0. The summed E-state index contributed by atoms with van der Waals surface area (Å²) in [5.41, 5.74) is 1.92. The maximum Gasteiger partial charge on any atom is 0.0794 e. The second kappa shape index (κ2) is 5.24. The highest BCUT2D eigenvalue weighted by molar-refractivity contribution is 9.09. The maximum atomic E-state index is 4.12. The fourth-order valence-electron chi connectivity index (χ4n) is 1.77. The fraction of sp³-hybridized carbons (Fsp3) is 0.700. The molecule has 0 bridgehead atoms. The Labute approximate surface area is 97.5 Å². The number of rotatable bonds is 5. The van der Waals surface area contributed by atoms with Gasteiger partial charge in [-0.15, -0.1) is 11.3 Å². The first-order chi connectivity index (χ1) is 6.90. The number of halogens is 1.